The van der Waals surface area contributed by atoms with Gasteiger partial charge < -0.3 is 5.32 Å². The van der Waals surface area contributed by atoms with E-state index in [0.717, 1.165) is 27.9 Å². The molecule has 0 aliphatic rings. The van der Waals surface area contributed by atoms with Crippen molar-refractivity contribution in [2.45, 2.75) is 0 Å². The maximum atomic E-state index is 3.25. The fourth-order valence-corrected chi connectivity index (χ4v) is 2.31. The SMILES string of the molecule is CNc1ccccc1C#Cc1ccccc1C#Cc1ccccc1. The predicted molar refractivity (Wildman–Crippen MR) is 101 cm³/mol. The van der Waals surface area contributed by atoms with Gasteiger partial charge >= 0.3 is 0 Å². The Hall–Kier alpha value is -3.42. The minimum absolute atomic E-state index is 0.937. The average molecular weight is 307 g/mol. The highest BCUT2D eigenvalue weighted by atomic mass is 14.8. The first kappa shape index (κ1) is 15.5. The molecule has 3 aromatic rings. The van der Waals surface area contributed by atoms with E-state index >= 15 is 0 Å². The summed E-state index contributed by atoms with van der Waals surface area (Å²) in [4.78, 5) is 0. The molecule has 0 saturated heterocycles. The lowest BCUT2D eigenvalue weighted by atomic mass is 10.1. The van der Waals surface area contributed by atoms with Gasteiger partial charge in [0.2, 0.25) is 0 Å². The second kappa shape index (κ2) is 7.73. The van der Waals surface area contributed by atoms with Crippen LogP contribution >= 0.6 is 0 Å². The van der Waals surface area contributed by atoms with Gasteiger partial charge in [-0.15, -0.1) is 0 Å². The van der Waals surface area contributed by atoms with E-state index in [9.17, 15) is 0 Å². The normalized spacial score (nSPS) is 9.21. The van der Waals surface area contributed by atoms with Gasteiger partial charge in [-0.25, -0.2) is 0 Å². The lowest BCUT2D eigenvalue weighted by molar-refractivity contribution is 1.49. The van der Waals surface area contributed by atoms with Gasteiger partial charge in [0.25, 0.3) is 0 Å². The van der Waals surface area contributed by atoms with Crippen molar-refractivity contribution in [3.05, 3.63) is 101 Å². The van der Waals surface area contributed by atoms with E-state index in [1.54, 1.807) is 0 Å². The Balaban J connectivity index is 1.94. The van der Waals surface area contributed by atoms with Crippen LogP contribution in [0.2, 0.25) is 0 Å². The first-order valence-electron chi connectivity index (χ1n) is 7.82. The summed E-state index contributed by atoms with van der Waals surface area (Å²) in [5.74, 6) is 12.9. The van der Waals surface area contributed by atoms with Crippen LogP contribution in [0, 0.1) is 23.7 Å². The van der Waals surface area contributed by atoms with E-state index in [2.05, 4.69) is 29.0 Å². The number of hydrogen-bond donors (Lipinski definition) is 1. The number of hydrogen-bond acceptors (Lipinski definition) is 1. The van der Waals surface area contributed by atoms with E-state index in [0.29, 0.717) is 0 Å². The molecule has 0 atom stereocenters. The maximum Gasteiger partial charge on any atom is 0.0496 e. The summed E-state index contributed by atoms with van der Waals surface area (Å²) >= 11 is 0. The minimum atomic E-state index is 0.937. The molecular weight excluding hydrogens is 290 g/mol. The highest BCUT2D eigenvalue weighted by Crippen LogP contribution is 2.13. The second-order valence-electron chi connectivity index (χ2n) is 5.21. The fourth-order valence-electron chi connectivity index (χ4n) is 2.31. The third kappa shape index (κ3) is 3.86. The van der Waals surface area contributed by atoms with Crippen molar-refractivity contribution in [3.63, 3.8) is 0 Å². The van der Waals surface area contributed by atoms with E-state index in [1.807, 2.05) is 85.9 Å². The fraction of sp³-hybridized carbons (Fsp3) is 0.0435. The van der Waals surface area contributed by atoms with Crippen molar-refractivity contribution in [2.24, 2.45) is 0 Å². The smallest absolute Gasteiger partial charge is 0.0496 e. The van der Waals surface area contributed by atoms with E-state index in [-0.39, 0.29) is 0 Å². The summed E-state index contributed by atoms with van der Waals surface area (Å²) in [5.41, 5.74) is 4.88. The molecular formula is C23H17N. The number of para-hydroxylation sites is 1. The number of nitrogens with one attached hydrogen (secondary N) is 1. The highest BCUT2D eigenvalue weighted by molar-refractivity contribution is 5.61. The van der Waals surface area contributed by atoms with E-state index in [1.165, 1.54) is 0 Å². The van der Waals surface area contributed by atoms with E-state index < -0.39 is 0 Å². The minimum Gasteiger partial charge on any atom is -0.387 e. The van der Waals surface area contributed by atoms with Crippen LogP contribution in [0.15, 0.2) is 78.9 Å². The van der Waals surface area contributed by atoms with Crippen molar-refractivity contribution in [1.29, 1.82) is 0 Å². The van der Waals surface area contributed by atoms with Crippen LogP contribution in [-0.4, -0.2) is 7.05 Å². The molecule has 0 fully saturated rings. The zero-order valence-electron chi connectivity index (χ0n) is 13.5. The first-order valence-corrected chi connectivity index (χ1v) is 7.82. The molecule has 3 rings (SSSR count). The molecule has 0 radical (unpaired) electrons. The van der Waals surface area contributed by atoms with Crippen molar-refractivity contribution >= 4 is 5.69 Å². The summed E-state index contributed by atoms with van der Waals surface area (Å²) in [6, 6.07) is 26.0. The summed E-state index contributed by atoms with van der Waals surface area (Å²) in [6.45, 7) is 0. The Morgan fingerprint density at radius 2 is 1.04 bits per heavy atom. The van der Waals surface area contributed by atoms with Crippen molar-refractivity contribution in [1.82, 2.24) is 0 Å². The molecule has 0 saturated carbocycles. The zero-order valence-corrected chi connectivity index (χ0v) is 13.5. The Labute approximate surface area is 143 Å². The third-order valence-electron chi connectivity index (χ3n) is 3.57. The summed E-state index contributed by atoms with van der Waals surface area (Å²) in [7, 11) is 1.90. The van der Waals surface area contributed by atoms with Crippen molar-refractivity contribution in [2.75, 3.05) is 12.4 Å². The van der Waals surface area contributed by atoms with Crippen LogP contribution in [-0.2, 0) is 0 Å². The van der Waals surface area contributed by atoms with Crippen LogP contribution < -0.4 is 5.32 Å². The van der Waals surface area contributed by atoms with Crippen LogP contribution in [0.5, 0.6) is 0 Å². The molecule has 0 spiro atoms. The molecule has 0 unspecified atom stereocenters. The van der Waals surface area contributed by atoms with Crippen LogP contribution in [0.4, 0.5) is 5.69 Å². The Bertz CT molecular complexity index is 948. The molecule has 0 aromatic heterocycles. The Morgan fingerprint density at radius 3 is 1.71 bits per heavy atom. The van der Waals surface area contributed by atoms with Gasteiger partial charge in [-0.3, -0.25) is 0 Å². The molecule has 0 heterocycles. The Kier molecular flexibility index (Phi) is 4.98. The van der Waals surface area contributed by atoms with Gasteiger partial charge in [-0.1, -0.05) is 66.1 Å². The molecule has 0 amide bonds. The topological polar surface area (TPSA) is 12.0 Å². The zero-order chi connectivity index (χ0) is 16.6. The number of anilines is 1. The summed E-state index contributed by atoms with van der Waals surface area (Å²) < 4.78 is 0. The Morgan fingerprint density at radius 1 is 0.542 bits per heavy atom. The van der Waals surface area contributed by atoms with Crippen LogP contribution in [0.3, 0.4) is 0 Å². The lowest BCUT2D eigenvalue weighted by Crippen LogP contribution is -1.91. The molecule has 1 N–H and O–H groups in total. The second-order valence-corrected chi connectivity index (χ2v) is 5.21. The molecule has 3 aromatic carbocycles. The molecule has 0 aliphatic heterocycles. The largest absolute Gasteiger partial charge is 0.387 e. The molecule has 24 heavy (non-hydrogen) atoms. The van der Waals surface area contributed by atoms with Gasteiger partial charge in [0.05, 0.1) is 0 Å². The van der Waals surface area contributed by atoms with Crippen LogP contribution in [0.25, 0.3) is 0 Å². The van der Waals surface area contributed by atoms with Crippen molar-refractivity contribution < 1.29 is 0 Å². The molecule has 1 heteroatoms. The number of benzene rings is 3. The molecule has 0 bridgehead atoms. The molecule has 0 aliphatic carbocycles. The van der Waals surface area contributed by atoms with Gasteiger partial charge in [0.1, 0.15) is 0 Å². The first-order chi connectivity index (χ1) is 11.9. The monoisotopic (exact) mass is 307 g/mol. The average Bonchev–Trinajstić information content (AvgIpc) is 2.66. The highest BCUT2D eigenvalue weighted by Gasteiger charge is 1.97. The molecule has 114 valence electrons. The van der Waals surface area contributed by atoms with Gasteiger partial charge in [-0.2, -0.15) is 0 Å². The predicted octanol–water partition coefficient (Wildman–Crippen LogP) is 4.53. The van der Waals surface area contributed by atoms with Crippen molar-refractivity contribution in [3.8, 4) is 23.7 Å². The summed E-state index contributed by atoms with van der Waals surface area (Å²) in [5, 5.41) is 3.16. The number of rotatable bonds is 1. The quantitative estimate of drug-likeness (QED) is 0.651. The molecule has 1 nitrogen and oxygen atoms in total. The van der Waals surface area contributed by atoms with Gasteiger partial charge in [0, 0.05) is 35.0 Å². The standard InChI is InChI=1S/C23H17N/c1-24-23-14-8-7-13-22(23)18-17-21-12-6-5-11-20(21)16-15-19-9-3-2-4-10-19/h2-14,24H,1H3. The van der Waals surface area contributed by atoms with Crippen LogP contribution in [0.1, 0.15) is 22.3 Å². The maximum absolute atomic E-state index is 3.25. The lowest BCUT2D eigenvalue weighted by Gasteiger charge is -2.02. The van der Waals surface area contributed by atoms with Gasteiger partial charge in [0.15, 0.2) is 0 Å². The summed E-state index contributed by atoms with van der Waals surface area (Å²) in [6.07, 6.45) is 0. The third-order valence-corrected chi connectivity index (χ3v) is 3.57. The van der Waals surface area contributed by atoms with Gasteiger partial charge in [-0.05, 0) is 36.4 Å². The van der Waals surface area contributed by atoms with E-state index in [4.69, 9.17) is 0 Å².